The molecular weight excluding hydrogens is 347 g/mol. The molecule has 0 saturated heterocycles. The highest BCUT2D eigenvalue weighted by molar-refractivity contribution is 5.92. The second-order valence-corrected chi connectivity index (χ2v) is 6.83. The molecule has 1 aliphatic rings. The molecule has 0 bridgehead atoms. The summed E-state index contributed by atoms with van der Waals surface area (Å²) in [4.78, 5) is 25.0. The van der Waals surface area contributed by atoms with Crippen LogP contribution in [0.15, 0.2) is 24.3 Å². The van der Waals surface area contributed by atoms with Gasteiger partial charge in [0.2, 0.25) is 0 Å². The molecule has 0 aromatic heterocycles. The summed E-state index contributed by atoms with van der Waals surface area (Å²) in [5, 5.41) is 5.27. The van der Waals surface area contributed by atoms with Crippen molar-refractivity contribution in [2.45, 2.75) is 50.9 Å². The molecule has 1 fully saturated rings. The van der Waals surface area contributed by atoms with E-state index in [1.54, 1.807) is 14.0 Å². The van der Waals surface area contributed by atoms with E-state index in [9.17, 15) is 22.8 Å². The number of hydrogen-bond acceptors (Lipinski definition) is 2. The third kappa shape index (κ3) is 5.45. The number of hydrogen-bond donors (Lipinski definition) is 3. The number of para-hydroxylation sites is 1. The number of amides is 2. The number of anilines is 1. The minimum Gasteiger partial charge on any atom is -0.348 e. The Kier molecular flexibility index (Phi) is 6.63. The first-order chi connectivity index (χ1) is 12.2. The molecule has 0 aliphatic heterocycles. The molecule has 2 atom stereocenters. The highest BCUT2D eigenvalue weighted by Gasteiger charge is 2.34. The lowest BCUT2D eigenvalue weighted by Gasteiger charge is -2.22. The Balaban J connectivity index is 1.91. The van der Waals surface area contributed by atoms with Gasteiger partial charge in [0, 0.05) is 6.04 Å². The van der Waals surface area contributed by atoms with Crippen LogP contribution in [0.4, 0.5) is 18.9 Å². The third-order valence-corrected chi connectivity index (χ3v) is 4.78. The maximum absolute atomic E-state index is 13.0. The summed E-state index contributed by atoms with van der Waals surface area (Å²) in [5.74, 6) is -0.711. The minimum absolute atomic E-state index is 0.106. The molecule has 144 valence electrons. The van der Waals surface area contributed by atoms with E-state index < -0.39 is 23.7 Å². The lowest BCUT2D eigenvalue weighted by molar-refractivity contribution is -0.885. The van der Waals surface area contributed by atoms with Crippen molar-refractivity contribution in [3.05, 3.63) is 29.8 Å². The molecule has 1 aromatic carbocycles. The van der Waals surface area contributed by atoms with Crippen LogP contribution in [0.1, 0.15) is 38.2 Å². The minimum atomic E-state index is -4.54. The van der Waals surface area contributed by atoms with Crippen LogP contribution in [-0.2, 0) is 15.8 Å². The molecule has 26 heavy (non-hydrogen) atoms. The van der Waals surface area contributed by atoms with Crippen LogP contribution in [-0.4, -0.2) is 37.5 Å². The molecule has 3 N–H and O–H groups in total. The number of carbonyl (C=O) groups is 2. The van der Waals surface area contributed by atoms with Crippen molar-refractivity contribution in [3.8, 4) is 0 Å². The first-order valence-electron chi connectivity index (χ1n) is 8.77. The van der Waals surface area contributed by atoms with Gasteiger partial charge in [-0.15, -0.1) is 0 Å². The zero-order valence-corrected chi connectivity index (χ0v) is 15.0. The van der Waals surface area contributed by atoms with Gasteiger partial charge in [0.25, 0.3) is 11.8 Å². The summed E-state index contributed by atoms with van der Waals surface area (Å²) in [6.07, 6.45) is -0.415. The predicted molar refractivity (Wildman–Crippen MR) is 91.7 cm³/mol. The topological polar surface area (TPSA) is 62.6 Å². The second-order valence-electron chi connectivity index (χ2n) is 6.83. The van der Waals surface area contributed by atoms with Crippen LogP contribution >= 0.6 is 0 Å². The standard InChI is InChI=1S/C18H24F3N3O2/c1-12(17(26)22-13-7-3-4-8-13)24(2)11-16(25)23-15-10-6-5-9-14(15)18(19,20)21/h5-6,9-10,12-13H,3-4,7-8,11H2,1-2H3,(H,22,26)(H,23,25)/p+1/t12-/m0/s1. The molecular formula is C18H25F3N3O2+. The van der Waals surface area contributed by atoms with E-state index in [1.807, 2.05) is 0 Å². The van der Waals surface area contributed by atoms with Gasteiger partial charge in [0.1, 0.15) is 0 Å². The molecule has 5 nitrogen and oxygen atoms in total. The second kappa shape index (κ2) is 8.53. The summed E-state index contributed by atoms with van der Waals surface area (Å²) in [6, 6.07) is 4.55. The number of likely N-dealkylation sites (N-methyl/N-ethyl adjacent to an activating group) is 1. The van der Waals surface area contributed by atoms with E-state index in [0.29, 0.717) is 4.90 Å². The highest BCUT2D eigenvalue weighted by atomic mass is 19.4. The first kappa shape index (κ1) is 20.2. The van der Waals surface area contributed by atoms with Gasteiger partial charge in [-0.05, 0) is 31.9 Å². The Morgan fingerprint density at radius 3 is 2.46 bits per heavy atom. The van der Waals surface area contributed by atoms with Crippen molar-refractivity contribution in [1.82, 2.24) is 5.32 Å². The molecule has 1 aliphatic carbocycles. The van der Waals surface area contributed by atoms with E-state index >= 15 is 0 Å². The Bertz CT molecular complexity index is 643. The third-order valence-electron chi connectivity index (χ3n) is 4.78. The smallest absolute Gasteiger partial charge is 0.348 e. The van der Waals surface area contributed by atoms with E-state index in [0.717, 1.165) is 31.7 Å². The number of rotatable bonds is 6. The maximum atomic E-state index is 13.0. The number of alkyl halides is 3. The largest absolute Gasteiger partial charge is 0.418 e. The predicted octanol–water partition coefficient (Wildman–Crippen LogP) is 1.61. The van der Waals surface area contributed by atoms with Crippen LogP contribution in [0.2, 0.25) is 0 Å². The van der Waals surface area contributed by atoms with E-state index in [4.69, 9.17) is 0 Å². The van der Waals surface area contributed by atoms with Gasteiger partial charge in [-0.25, -0.2) is 0 Å². The van der Waals surface area contributed by atoms with E-state index in [2.05, 4.69) is 10.6 Å². The van der Waals surface area contributed by atoms with Crippen molar-refractivity contribution >= 4 is 17.5 Å². The molecule has 2 amide bonds. The number of quaternary nitrogens is 1. The quantitative estimate of drug-likeness (QED) is 0.710. The normalized spacial score (nSPS) is 17.6. The molecule has 0 spiro atoms. The van der Waals surface area contributed by atoms with Gasteiger partial charge < -0.3 is 15.5 Å². The van der Waals surface area contributed by atoms with Crippen molar-refractivity contribution < 1.29 is 27.7 Å². The number of benzene rings is 1. The zero-order valence-electron chi connectivity index (χ0n) is 15.0. The lowest BCUT2D eigenvalue weighted by atomic mass is 10.1. The van der Waals surface area contributed by atoms with Gasteiger partial charge >= 0.3 is 6.18 Å². The summed E-state index contributed by atoms with van der Waals surface area (Å²) in [5.41, 5.74) is -1.17. The van der Waals surface area contributed by atoms with Crippen LogP contribution in [0.25, 0.3) is 0 Å². The number of halogens is 3. The Hall–Kier alpha value is -2.09. The van der Waals surface area contributed by atoms with Gasteiger partial charge in [-0.2, -0.15) is 13.2 Å². The van der Waals surface area contributed by atoms with Crippen LogP contribution in [0, 0.1) is 0 Å². The summed E-state index contributed by atoms with van der Waals surface area (Å²) in [6.45, 7) is 1.60. The van der Waals surface area contributed by atoms with Gasteiger partial charge in [0.05, 0.1) is 18.3 Å². The molecule has 0 radical (unpaired) electrons. The SMILES string of the molecule is C[C@@H](C(=O)NC1CCCC1)[NH+](C)CC(=O)Nc1ccccc1C(F)(F)F. The summed E-state index contributed by atoms with van der Waals surface area (Å²) in [7, 11) is 1.67. The Labute approximate surface area is 150 Å². The fourth-order valence-electron chi connectivity index (χ4n) is 3.06. The van der Waals surface area contributed by atoms with E-state index in [1.165, 1.54) is 18.2 Å². The molecule has 2 rings (SSSR count). The molecule has 8 heteroatoms. The average molecular weight is 372 g/mol. The molecule has 0 heterocycles. The van der Waals surface area contributed by atoms with Crippen LogP contribution in [0.3, 0.4) is 0 Å². The van der Waals surface area contributed by atoms with Crippen molar-refractivity contribution in [2.75, 3.05) is 18.9 Å². The summed E-state index contributed by atoms with van der Waals surface area (Å²) >= 11 is 0. The monoisotopic (exact) mass is 372 g/mol. The van der Waals surface area contributed by atoms with Gasteiger partial charge in [0.15, 0.2) is 12.6 Å². The van der Waals surface area contributed by atoms with Crippen LogP contribution in [0.5, 0.6) is 0 Å². The van der Waals surface area contributed by atoms with Crippen molar-refractivity contribution in [3.63, 3.8) is 0 Å². The zero-order chi connectivity index (χ0) is 19.3. The van der Waals surface area contributed by atoms with E-state index in [-0.39, 0.29) is 24.2 Å². The molecule has 1 unspecified atom stereocenters. The Morgan fingerprint density at radius 1 is 1.23 bits per heavy atom. The highest BCUT2D eigenvalue weighted by Crippen LogP contribution is 2.34. The average Bonchev–Trinajstić information content (AvgIpc) is 3.06. The lowest BCUT2D eigenvalue weighted by Crippen LogP contribution is -3.15. The number of carbonyl (C=O) groups excluding carboxylic acids is 2. The Morgan fingerprint density at radius 2 is 1.85 bits per heavy atom. The van der Waals surface area contributed by atoms with Crippen molar-refractivity contribution in [1.29, 1.82) is 0 Å². The van der Waals surface area contributed by atoms with Gasteiger partial charge in [-0.1, -0.05) is 25.0 Å². The molecule has 1 saturated carbocycles. The molecule has 1 aromatic rings. The fourth-order valence-corrected chi connectivity index (χ4v) is 3.06. The van der Waals surface area contributed by atoms with Crippen molar-refractivity contribution in [2.24, 2.45) is 0 Å². The fraction of sp³-hybridized carbons (Fsp3) is 0.556. The maximum Gasteiger partial charge on any atom is 0.418 e. The first-order valence-corrected chi connectivity index (χ1v) is 8.77. The number of nitrogens with one attached hydrogen (secondary N) is 3. The van der Waals surface area contributed by atoms with Crippen LogP contribution < -0.4 is 15.5 Å². The summed E-state index contributed by atoms with van der Waals surface area (Å²) < 4.78 is 38.9. The van der Waals surface area contributed by atoms with Gasteiger partial charge in [-0.3, -0.25) is 9.59 Å².